The van der Waals surface area contributed by atoms with E-state index in [0.717, 1.165) is 0 Å². The molecule has 0 aliphatic carbocycles. The third-order valence-electron chi connectivity index (χ3n) is 1.10. The molecule has 3 nitrogen and oxygen atoms in total. The van der Waals surface area contributed by atoms with Gasteiger partial charge in [0.2, 0.25) is 5.91 Å². The molecule has 0 aliphatic rings. The lowest BCUT2D eigenvalue weighted by Crippen LogP contribution is -2.31. The number of nitrogens with zero attached hydrogens (tertiary/aromatic N) is 1. The molecule has 0 atom stereocenters. The first-order valence-electron chi connectivity index (χ1n) is 2.94. The summed E-state index contributed by atoms with van der Waals surface area (Å²) in [7, 11) is 0. The predicted octanol–water partition coefficient (Wildman–Crippen LogP) is -0.339. The van der Waals surface area contributed by atoms with Gasteiger partial charge in [0.15, 0.2) is 0 Å². The molecular weight excluding hydrogens is 118 g/mol. The van der Waals surface area contributed by atoms with Crippen LogP contribution in [0, 0.1) is 6.92 Å². The Morgan fingerprint density at radius 2 is 2.33 bits per heavy atom. The van der Waals surface area contributed by atoms with Crippen molar-refractivity contribution in [1.29, 1.82) is 0 Å². The summed E-state index contributed by atoms with van der Waals surface area (Å²) in [6.45, 7) is 6.06. The Bertz CT molecular complexity index is 93.1. The van der Waals surface area contributed by atoms with E-state index in [9.17, 15) is 4.79 Å². The Morgan fingerprint density at radius 3 is 2.44 bits per heavy atom. The van der Waals surface area contributed by atoms with E-state index in [2.05, 4.69) is 6.92 Å². The summed E-state index contributed by atoms with van der Waals surface area (Å²) in [6, 6.07) is 0. The highest BCUT2D eigenvalue weighted by Gasteiger charge is 2.02. The molecule has 9 heavy (non-hydrogen) atoms. The third kappa shape index (κ3) is 3.08. The molecule has 1 radical (unpaired) electrons. The van der Waals surface area contributed by atoms with E-state index in [1.807, 2.05) is 6.92 Å². The molecule has 53 valence electrons. The number of amides is 1. The Morgan fingerprint density at radius 1 is 1.78 bits per heavy atom. The number of carbonyl (C=O) groups excluding carboxylic acids is 1. The molecule has 0 unspecified atom stereocenters. The van der Waals surface area contributed by atoms with E-state index in [-0.39, 0.29) is 12.5 Å². The van der Waals surface area contributed by atoms with Gasteiger partial charge in [0, 0.05) is 20.0 Å². The van der Waals surface area contributed by atoms with Crippen LogP contribution < -0.4 is 0 Å². The van der Waals surface area contributed by atoms with E-state index >= 15 is 0 Å². The molecule has 0 spiro atoms. The fourth-order valence-electron chi connectivity index (χ4n) is 0.580. The number of aliphatic hydroxyl groups is 1. The standard InChI is InChI=1S/C6H12NO2/c1-3-7(4-5-8)6(2)9/h8H,2-5H2,1H3. The molecule has 0 aliphatic heterocycles. The summed E-state index contributed by atoms with van der Waals surface area (Å²) in [5.74, 6) is -0.230. The molecule has 0 aromatic rings. The maximum absolute atomic E-state index is 10.5. The fraction of sp³-hybridized carbons (Fsp3) is 0.667. The zero-order valence-electron chi connectivity index (χ0n) is 5.63. The van der Waals surface area contributed by atoms with E-state index < -0.39 is 0 Å². The van der Waals surface area contributed by atoms with Gasteiger partial charge in [0.1, 0.15) is 0 Å². The highest BCUT2D eigenvalue weighted by atomic mass is 16.3. The summed E-state index contributed by atoms with van der Waals surface area (Å²) in [5.41, 5.74) is 0. The Kier molecular flexibility index (Phi) is 4.05. The molecule has 1 amide bonds. The summed E-state index contributed by atoms with van der Waals surface area (Å²) < 4.78 is 0. The first-order chi connectivity index (χ1) is 4.22. The number of aliphatic hydroxyl groups excluding tert-OH is 1. The van der Waals surface area contributed by atoms with E-state index in [1.165, 1.54) is 4.90 Å². The van der Waals surface area contributed by atoms with Crippen molar-refractivity contribution in [2.45, 2.75) is 6.92 Å². The van der Waals surface area contributed by atoms with Gasteiger partial charge in [-0.25, -0.2) is 0 Å². The average Bonchev–Trinajstić information content (AvgIpc) is 1.82. The van der Waals surface area contributed by atoms with Crippen molar-refractivity contribution in [3.63, 3.8) is 0 Å². The lowest BCUT2D eigenvalue weighted by Gasteiger charge is -2.16. The lowest BCUT2D eigenvalue weighted by atomic mass is 10.5. The largest absolute Gasteiger partial charge is 0.395 e. The summed E-state index contributed by atoms with van der Waals surface area (Å²) in [5, 5.41) is 8.40. The molecule has 0 aromatic carbocycles. The normalized spacial score (nSPS) is 9.22. The van der Waals surface area contributed by atoms with Crippen LogP contribution in [-0.4, -0.2) is 35.6 Å². The van der Waals surface area contributed by atoms with Gasteiger partial charge >= 0.3 is 0 Å². The molecule has 0 saturated carbocycles. The van der Waals surface area contributed by atoms with Crippen molar-refractivity contribution in [3.8, 4) is 0 Å². The quantitative estimate of drug-likeness (QED) is 0.568. The van der Waals surface area contributed by atoms with E-state index in [1.54, 1.807) is 0 Å². The third-order valence-corrected chi connectivity index (χ3v) is 1.10. The molecule has 0 fully saturated rings. The van der Waals surface area contributed by atoms with Crippen molar-refractivity contribution < 1.29 is 9.90 Å². The zero-order valence-corrected chi connectivity index (χ0v) is 5.63. The molecule has 0 rings (SSSR count). The second kappa shape index (κ2) is 4.32. The van der Waals surface area contributed by atoms with Crippen molar-refractivity contribution in [1.82, 2.24) is 4.90 Å². The summed E-state index contributed by atoms with van der Waals surface area (Å²) in [4.78, 5) is 11.9. The highest BCUT2D eigenvalue weighted by Crippen LogP contribution is 1.85. The Hall–Kier alpha value is -0.570. The van der Waals surface area contributed by atoms with Gasteiger partial charge in [-0.1, -0.05) is 0 Å². The second-order valence-electron chi connectivity index (χ2n) is 1.70. The van der Waals surface area contributed by atoms with Gasteiger partial charge in [-0.05, 0) is 6.92 Å². The SMILES string of the molecule is [CH2]C(=O)N(CC)CCO. The minimum Gasteiger partial charge on any atom is -0.395 e. The maximum Gasteiger partial charge on any atom is 0.223 e. The topological polar surface area (TPSA) is 40.5 Å². The molecule has 0 aromatic heterocycles. The van der Waals surface area contributed by atoms with Crippen LogP contribution in [-0.2, 0) is 4.79 Å². The minimum absolute atomic E-state index is 0.00903. The van der Waals surface area contributed by atoms with Crippen molar-refractivity contribution in [2.75, 3.05) is 19.7 Å². The van der Waals surface area contributed by atoms with Crippen LogP contribution in [0.3, 0.4) is 0 Å². The van der Waals surface area contributed by atoms with Crippen LogP contribution >= 0.6 is 0 Å². The van der Waals surface area contributed by atoms with Gasteiger partial charge in [-0.15, -0.1) is 0 Å². The van der Waals surface area contributed by atoms with Crippen LogP contribution in [0.5, 0.6) is 0 Å². The number of hydrogen-bond donors (Lipinski definition) is 1. The molecule has 0 heterocycles. The summed E-state index contributed by atoms with van der Waals surface area (Å²) >= 11 is 0. The predicted molar refractivity (Wildman–Crippen MR) is 34.7 cm³/mol. The van der Waals surface area contributed by atoms with E-state index in [0.29, 0.717) is 13.1 Å². The number of likely N-dealkylation sites (N-methyl/N-ethyl adjacent to an activating group) is 1. The van der Waals surface area contributed by atoms with Crippen molar-refractivity contribution >= 4 is 5.91 Å². The smallest absolute Gasteiger partial charge is 0.223 e. The molecule has 1 N–H and O–H groups in total. The van der Waals surface area contributed by atoms with Crippen LogP contribution in [0.2, 0.25) is 0 Å². The molecular formula is C6H12NO2. The van der Waals surface area contributed by atoms with Crippen molar-refractivity contribution in [3.05, 3.63) is 6.92 Å². The highest BCUT2D eigenvalue weighted by molar-refractivity contribution is 5.80. The fourth-order valence-corrected chi connectivity index (χ4v) is 0.580. The van der Waals surface area contributed by atoms with Gasteiger partial charge < -0.3 is 10.0 Å². The van der Waals surface area contributed by atoms with Gasteiger partial charge in [-0.3, -0.25) is 4.79 Å². The summed E-state index contributed by atoms with van der Waals surface area (Å²) in [6.07, 6.45) is 0. The molecule has 0 bridgehead atoms. The van der Waals surface area contributed by atoms with Crippen LogP contribution in [0.4, 0.5) is 0 Å². The van der Waals surface area contributed by atoms with Crippen LogP contribution in [0.25, 0.3) is 0 Å². The molecule has 0 saturated heterocycles. The van der Waals surface area contributed by atoms with Crippen LogP contribution in [0.1, 0.15) is 6.92 Å². The van der Waals surface area contributed by atoms with Gasteiger partial charge in [-0.2, -0.15) is 0 Å². The number of carbonyl (C=O) groups is 1. The average molecular weight is 130 g/mol. The first-order valence-corrected chi connectivity index (χ1v) is 2.94. The van der Waals surface area contributed by atoms with Gasteiger partial charge in [0.25, 0.3) is 0 Å². The molecule has 3 heteroatoms. The monoisotopic (exact) mass is 130 g/mol. The Balaban J connectivity index is 3.54. The second-order valence-corrected chi connectivity index (χ2v) is 1.70. The number of hydrogen-bond acceptors (Lipinski definition) is 2. The van der Waals surface area contributed by atoms with Crippen molar-refractivity contribution in [2.24, 2.45) is 0 Å². The maximum atomic E-state index is 10.5. The van der Waals surface area contributed by atoms with Gasteiger partial charge in [0.05, 0.1) is 6.61 Å². The number of rotatable bonds is 3. The Labute approximate surface area is 55.3 Å². The van der Waals surface area contributed by atoms with E-state index in [4.69, 9.17) is 5.11 Å². The lowest BCUT2D eigenvalue weighted by molar-refractivity contribution is -0.126. The minimum atomic E-state index is -0.230. The van der Waals surface area contributed by atoms with Crippen LogP contribution in [0.15, 0.2) is 0 Å². The first kappa shape index (κ1) is 8.43. The zero-order chi connectivity index (χ0) is 7.28.